The van der Waals surface area contributed by atoms with Gasteiger partial charge in [0.05, 0.1) is 11.2 Å². The summed E-state index contributed by atoms with van der Waals surface area (Å²) < 4.78 is 0. The van der Waals surface area contributed by atoms with E-state index in [1.807, 2.05) is 6.07 Å². The molecule has 0 N–H and O–H groups in total. The first kappa shape index (κ1) is 7.66. The number of isothiocyanates is 1. The number of hydrogen-bond acceptors (Lipinski definition) is 2. The van der Waals surface area contributed by atoms with Gasteiger partial charge in [0.25, 0.3) is 0 Å². The third-order valence-electron chi connectivity index (χ3n) is 2.13. The lowest BCUT2D eigenvalue weighted by Gasteiger charge is -2.01. The van der Waals surface area contributed by atoms with Crippen LogP contribution in [0.1, 0.15) is 17.2 Å². The van der Waals surface area contributed by atoms with Gasteiger partial charge in [-0.3, -0.25) is 0 Å². The van der Waals surface area contributed by atoms with Gasteiger partial charge in [-0.25, -0.2) is 4.99 Å². The van der Waals surface area contributed by atoms with E-state index in [9.17, 15) is 0 Å². The van der Waals surface area contributed by atoms with Crippen molar-refractivity contribution in [2.75, 3.05) is 0 Å². The van der Waals surface area contributed by atoms with Crippen molar-refractivity contribution in [3.8, 4) is 0 Å². The van der Waals surface area contributed by atoms with Crippen LogP contribution in [0, 0.1) is 6.42 Å². The molecule has 0 spiro atoms. The van der Waals surface area contributed by atoms with Crippen molar-refractivity contribution in [1.29, 1.82) is 0 Å². The van der Waals surface area contributed by atoms with Crippen molar-refractivity contribution >= 4 is 17.4 Å². The van der Waals surface area contributed by atoms with Gasteiger partial charge in [-0.2, -0.15) is 0 Å². The highest BCUT2D eigenvalue weighted by atomic mass is 32.1. The summed E-state index contributed by atoms with van der Waals surface area (Å²) in [6.45, 7) is 0. The predicted molar refractivity (Wildman–Crippen MR) is 52.2 cm³/mol. The SMILES string of the molecule is S=C=N[C@H]1[CH]Cc2ccccc21. The molecule has 0 unspecified atom stereocenters. The monoisotopic (exact) mass is 174 g/mol. The minimum Gasteiger partial charge on any atom is -0.224 e. The Morgan fingerprint density at radius 3 is 3.08 bits per heavy atom. The Kier molecular flexibility index (Phi) is 2.03. The van der Waals surface area contributed by atoms with Crippen LogP contribution in [0.3, 0.4) is 0 Å². The molecule has 1 radical (unpaired) electrons. The Morgan fingerprint density at radius 2 is 2.25 bits per heavy atom. The van der Waals surface area contributed by atoms with E-state index < -0.39 is 0 Å². The average Bonchev–Trinajstić information content (AvgIpc) is 2.50. The van der Waals surface area contributed by atoms with Gasteiger partial charge in [-0.05, 0) is 36.2 Å². The van der Waals surface area contributed by atoms with Crippen molar-refractivity contribution in [2.24, 2.45) is 4.99 Å². The Balaban J connectivity index is 2.42. The maximum atomic E-state index is 4.58. The van der Waals surface area contributed by atoms with Crippen LogP contribution in [0.5, 0.6) is 0 Å². The highest BCUT2D eigenvalue weighted by molar-refractivity contribution is 7.78. The zero-order chi connectivity index (χ0) is 8.39. The topological polar surface area (TPSA) is 12.4 Å². The minimum atomic E-state index is 0.152. The fraction of sp³-hybridized carbons (Fsp3) is 0.200. The summed E-state index contributed by atoms with van der Waals surface area (Å²) in [4.78, 5) is 4.07. The summed E-state index contributed by atoms with van der Waals surface area (Å²) in [6, 6.07) is 8.46. The maximum Gasteiger partial charge on any atom is 0.0889 e. The minimum absolute atomic E-state index is 0.152. The van der Waals surface area contributed by atoms with Crippen molar-refractivity contribution in [3.05, 3.63) is 41.8 Å². The highest BCUT2D eigenvalue weighted by Crippen LogP contribution is 2.32. The second kappa shape index (κ2) is 3.18. The van der Waals surface area contributed by atoms with E-state index in [4.69, 9.17) is 0 Å². The summed E-state index contributed by atoms with van der Waals surface area (Å²) in [5, 5.41) is 2.43. The second-order valence-corrected chi connectivity index (χ2v) is 2.99. The van der Waals surface area contributed by atoms with Crippen molar-refractivity contribution < 1.29 is 0 Å². The van der Waals surface area contributed by atoms with E-state index in [-0.39, 0.29) is 6.04 Å². The van der Waals surface area contributed by atoms with Crippen LogP contribution in [0.4, 0.5) is 0 Å². The van der Waals surface area contributed by atoms with E-state index in [1.165, 1.54) is 11.1 Å². The molecule has 1 atom stereocenters. The molecule has 0 aliphatic heterocycles. The van der Waals surface area contributed by atoms with Crippen LogP contribution in [0.15, 0.2) is 29.3 Å². The number of hydrogen-bond donors (Lipinski definition) is 0. The molecule has 1 aliphatic rings. The van der Waals surface area contributed by atoms with Crippen LogP contribution in [-0.2, 0) is 6.42 Å². The first-order valence-electron chi connectivity index (χ1n) is 3.90. The van der Waals surface area contributed by atoms with Crippen LogP contribution < -0.4 is 0 Å². The molecule has 0 fully saturated rings. The largest absolute Gasteiger partial charge is 0.224 e. The fourth-order valence-corrected chi connectivity index (χ4v) is 1.67. The molecule has 59 valence electrons. The van der Waals surface area contributed by atoms with Gasteiger partial charge in [0.15, 0.2) is 0 Å². The molecular formula is C10H8NS. The van der Waals surface area contributed by atoms with E-state index in [1.54, 1.807) is 0 Å². The van der Waals surface area contributed by atoms with Crippen molar-refractivity contribution in [3.63, 3.8) is 0 Å². The Labute approximate surface area is 77.1 Å². The summed E-state index contributed by atoms with van der Waals surface area (Å²) in [5.74, 6) is 0. The lowest BCUT2D eigenvalue weighted by molar-refractivity contribution is 0.879. The summed E-state index contributed by atoms with van der Waals surface area (Å²) in [7, 11) is 0. The lowest BCUT2D eigenvalue weighted by atomic mass is 10.1. The second-order valence-electron chi connectivity index (χ2n) is 2.80. The van der Waals surface area contributed by atoms with Gasteiger partial charge in [-0.1, -0.05) is 24.3 Å². The average molecular weight is 174 g/mol. The number of fused-ring (bicyclic) bond motifs is 1. The number of benzene rings is 1. The van der Waals surface area contributed by atoms with Gasteiger partial charge in [0.2, 0.25) is 0 Å². The molecule has 0 saturated carbocycles. The molecule has 1 aromatic rings. The Hall–Kier alpha value is -0.980. The molecule has 0 heterocycles. The van der Waals surface area contributed by atoms with Gasteiger partial charge in [0.1, 0.15) is 0 Å². The predicted octanol–water partition coefficient (Wildman–Crippen LogP) is 2.59. The molecule has 0 amide bonds. The molecule has 2 rings (SSSR count). The third kappa shape index (κ3) is 1.20. The van der Waals surface area contributed by atoms with Gasteiger partial charge >= 0.3 is 0 Å². The highest BCUT2D eigenvalue weighted by Gasteiger charge is 2.20. The number of rotatable bonds is 1. The van der Waals surface area contributed by atoms with Crippen LogP contribution in [0.2, 0.25) is 0 Å². The number of thiocarbonyl (C=S) groups is 1. The zero-order valence-corrected chi connectivity index (χ0v) is 7.34. The lowest BCUT2D eigenvalue weighted by Crippen LogP contribution is -1.87. The molecule has 2 heteroatoms. The molecule has 0 saturated heterocycles. The third-order valence-corrected chi connectivity index (χ3v) is 2.23. The molecular weight excluding hydrogens is 166 g/mol. The summed E-state index contributed by atoms with van der Waals surface area (Å²) in [5.41, 5.74) is 2.63. The number of nitrogens with zero attached hydrogens (tertiary/aromatic N) is 1. The van der Waals surface area contributed by atoms with Crippen LogP contribution in [-0.4, -0.2) is 5.16 Å². The van der Waals surface area contributed by atoms with E-state index in [0.29, 0.717) is 0 Å². The standard InChI is InChI=1S/C10H8NS/c12-7-11-10-6-5-8-3-1-2-4-9(8)10/h1-4,6,10H,5H2/t10-/m0/s1. The Morgan fingerprint density at radius 1 is 1.42 bits per heavy atom. The number of aliphatic imine (C=N–C) groups is 1. The van der Waals surface area contributed by atoms with Crippen LogP contribution >= 0.6 is 12.2 Å². The van der Waals surface area contributed by atoms with Crippen molar-refractivity contribution in [2.45, 2.75) is 12.5 Å². The molecule has 0 bridgehead atoms. The fourth-order valence-electron chi connectivity index (χ4n) is 1.55. The molecule has 1 aromatic carbocycles. The van der Waals surface area contributed by atoms with Gasteiger partial charge < -0.3 is 0 Å². The first-order valence-corrected chi connectivity index (χ1v) is 4.31. The summed E-state index contributed by atoms with van der Waals surface area (Å²) >= 11 is 4.58. The van der Waals surface area contributed by atoms with Crippen LogP contribution in [0.25, 0.3) is 0 Å². The summed E-state index contributed by atoms with van der Waals surface area (Å²) in [6.07, 6.45) is 3.16. The van der Waals surface area contributed by atoms with E-state index in [2.05, 4.69) is 47.0 Å². The van der Waals surface area contributed by atoms with E-state index >= 15 is 0 Å². The van der Waals surface area contributed by atoms with E-state index in [0.717, 1.165) is 6.42 Å². The molecule has 0 aromatic heterocycles. The Bertz CT molecular complexity index is 339. The molecule has 1 aliphatic carbocycles. The quantitative estimate of drug-likeness (QED) is 0.471. The molecule has 1 nitrogen and oxygen atoms in total. The smallest absolute Gasteiger partial charge is 0.0889 e. The molecule has 12 heavy (non-hydrogen) atoms. The van der Waals surface area contributed by atoms with Crippen molar-refractivity contribution in [1.82, 2.24) is 0 Å². The van der Waals surface area contributed by atoms with Gasteiger partial charge in [-0.15, -0.1) is 0 Å². The first-order chi connectivity index (χ1) is 5.92. The van der Waals surface area contributed by atoms with Gasteiger partial charge in [0, 0.05) is 0 Å². The maximum absolute atomic E-state index is 4.58. The normalized spacial score (nSPS) is 19.8. The zero-order valence-electron chi connectivity index (χ0n) is 6.53.